The molecule has 3 nitrogen and oxygen atoms in total. The lowest BCUT2D eigenvalue weighted by molar-refractivity contribution is -0.145. The summed E-state index contributed by atoms with van der Waals surface area (Å²) in [5.74, 6) is -0.251. The SMILES string of the molecule is CCOC(=O)C(CN1CCCCC1)c1ccccc1. The molecule has 1 aliphatic rings. The molecule has 0 aliphatic carbocycles. The van der Waals surface area contributed by atoms with Gasteiger partial charge in [-0.3, -0.25) is 4.79 Å². The van der Waals surface area contributed by atoms with E-state index in [-0.39, 0.29) is 11.9 Å². The Morgan fingerprint density at radius 3 is 2.53 bits per heavy atom. The Kier molecular flexibility index (Phi) is 5.40. The number of carbonyl (C=O) groups is 1. The van der Waals surface area contributed by atoms with E-state index in [1.54, 1.807) is 0 Å². The molecule has 0 N–H and O–H groups in total. The van der Waals surface area contributed by atoms with Crippen LogP contribution in [0.25, 0.3) is 0 Å². The number of carbonyl (C=O) groups excluding carboxylic acids is 1. The predicted molar refractivity (Wildman–Crippen MR) is 76.1 cm³/mol. The number of likely N-dealkylation sites (tertiary alicyclic amines) is 1. The fraction of sp³-hybridized carbons (Fsp3) is 0.562. The Morgan fingerprint density at radius 1 is 1.21 bits per heavy atom. The monoisotopic (exact) mass is 261 g/mol. The minimum atomic E-state index is -0.153. The van der Waals surface area contributed by atoms with Crippen LogP contribution in [0.3, 0.4) is 0 Å². The van der Waals surface area contributed by atoms with Crippen molar-refractivity contribution < 1.29 is 9.53 Å². The standard InChI is InChI=1S/C16H23NO2/c1-2-19-16(18)15(14-9-5-3-6-10-14)13-17-11-7-4-8-12-17/h3,5-6,9-10,15H,2,4,7-8,11-13H2,1H3. The molecule has 1 atom stereocenters. The second kappa shape index (κ2) is 7.29. The highest BCUT2D eigenvalue weighted by Gasteiger charge is 2.25. The quantitative estimate of drug-likeness (QED) is 0.763. The molecule has 0 amide bonds. The maximum atomic E-state index is 12.2. The van der Waals surface area contributed by atoms with Crippen LogP contribution in [0.1, 0.15) is 37.7 Å². The Bertz CT molecular complexity index is 385. The highest BCUT2D eigenvalue weighted by atomic mass is 16.5. The zero-order chi connectivity index (χ0) is 13.5. The summed E-state index contributed by atoms with van der Waals surface area (Å²) in [7, 11) is 0. The molecule has 1 aromatic carbocycles. The third-order valence-corrected chi connectivity index (χ3v) is 3.66. The number of rotatable bonds is 5. The summed E-state index contributed by atoms with van der Waals surface area (Å²) in [6, 6.07) is 9.99. The summed E-state index contributed by atoms with van der Waals surface area (Å²) in [5, 5.41) is 0. The van der Waals surface area contributed by atoms with E-state index in [4.69, 9.17) is 4.74 Å². The van der Waals surface area contributed by atoms with Gasteiger partial charge in [-0.15, -0.1) is 0 Å². The van der Waals surface area contributed by atoms with Crippen molar-refractivity contribution in [2.75, 3.05) is 26.2 Å². The van der Waals surface area contributed by atoms with Crippen LogP contribution in [-0.2, 0) is 9.53 Å². The van der Waals surface area contributed by atoms with Crippen LogP contribution >= 0.6 is 0 Å². The normalized spacial score (nSPS) is 17.9. The summed E-state index contributed by atoms with van der Waals surface area (Å²) in [6.45, 7) is 5.29. The minimum absolute atomic E-state index is 0.0979. The predicted octanol–water partition coefficient (Wildman–Crippen LogP) is 2.82. The van der Waals surface area contributed by atoms with Crippen molar-refractivity contribution in [1.82, 2.24) is 4.90 Å². The van der Waals surface area contributed by atoms with Gasteiger partial charge in [-0.05, 0) is 38.4 Å². The fourth-order valence-electron chi connectivity index (χ4n) is 2.64. The van der Waals surface area contributed by atoms with Crippen LogP contribution in [0.5, 0.6) is 0 Å². The Balaban J connectivity index is 2.07. The molecule has 0 saturated carbocycles. The van der Waals surface area contributed by atoms with Crippen molar-refractivity contribution in [2.45, 2.75) is 32.1 Å². The summed E-state index contributed by atoms with van der Waals surface area (Å²) in [6.07, 6.45) is 3.79. The molecule has 0 radical (unpaired) electrons. The molecule has 1 fully saturated rings. The van der Waals surface area contributed by atoms with Gasteiger partial charge in [0.2, 0.25) is 0 Å². The molecule has 1 saturated heterocycles. The van der Waals surface area contributed by atoms with Crippen molar-refractivity contribution >= 4 is 5.97 Å². The first-order chi connectivity index (χ1) is 9.31. The smallest absolute Gasteiger partial charge is 0.314 e. The van der Waals surface area contributed by atoms with E-state index in [1.807, 2.05) is 37.3 Å². The zero-order valence-corrected chi connectivity index (χ0v) is 11.7. The molecule has 104 valence electrons. The van der Waals surface area contributed by atoms with Crippen LogP contribution < -0.4 is 0 Å². The van der Waals surface area contributed by atoms with Gasteiger partial charge < -0.3 is 9.64 Å². The van der Waals surface area contributed by atoms with Gasteiger partial charge in [0.1, 0.15) is 0 Å². The highest BCUT2D eigenvalue weighted by molar-refractivity contribution is 5.78. The van der Waals surface area contributed by atoms with Crippen molar-refractivity contribution in [3.05, 3.63) is 35.9 Å². The molecule has 1 heterocycles. The number of ether oxygens (including phenoxy) is 1. The number of benzene rings is 1. The third-order valence-electron chi connectivity index (χ3n) is 3.66. The molecule has 2 rings (SSSR count). The molecule has 0 spiro atoms. The topological polar surface area (TPSA) is 29.5 Å². The van der Waals surface area contributed by atoms with Gasteiger partial charge in [-0.2, -0.15) is 0 Å². The van der Waals surface area contributed by atoms with Gasteiger partial charge in [0.15, 0.2) is 0 Å². The van der Waals surface area contributed by atoms with Crippen molar-refractivity contribution in [3.8, 4) is 0 Å². The van der Waals surface area contributed by atoms with Crippen LogP contribution in [0.15, 0.2) is 30.3 Å². The average molecular weight is 261 g/mol. The van der Waals surface area contributed by atoms with Crippen LogP contribution in [0, 0.1) is 0 Å². The van der Waals surface area contributed by atoms with Gasteiger partial charge in [0, 0.05) is 6.54 Å². The molecule has 1 unspecified atom stereocenters. The first-order valence-electron chi connectivity index (χ1n) is 7.25. The number of hydrogen-bond donors (Lipinski definition) is 0. The van der Waals surface area contributed by atoms with E-state index >= 15 is 0 Å². The van der Waals surface area contributed by atoms with Gasteiger partial charge in [0.25, 0.3) is 0 Å². The molecule has 19 heavy (non-hydrogen) atoms. The van der Waals surface area contributed by atoms with Crippen LogP contribution in [0.4, 0.5) is 0 Å². The minimum Gasteiger partial charge on any atom is -0.465 e. The van der Waals surface area contributed by atoms with E-state index in [0.29, 0.717) is 6.61 Å². The molecular formula is C16H23NO2. The summed E-state index contributed by atoms with van der Waals surface area (Å²) in [5.41, 5.74) is 1.06. The van der Waals surface area contributed by atoms with E-state index in [1.165, 1.54) is 19.3 Å². The van der Waals surface area contributed by atoms with E-state index in [0.717, 1.165) is 25.2 Å². The van der Waals surface area contributed by atoms with Crippen LogP contribution in [-0.4, -0.2) is 37.1 Å². The van der Waals surface area contributed by atoms with Crippen molar-refractivity contribution in [1.29, 1.82) is 0 Å². The van der Waals surface area contributed by atoms with Gasteiger partial charge in [-0.1, -0.05) is 36.8 Å². The lowest BCUT2D eigenvalue weighted by Crippen LogP contribution is -2.36. The first kappa shape index (κ1) is 14.1. The first-order valence-corrected chi connectivity index (χ1v) is 7.25. The number of esters is 1. The maximum Gasteiger partial charge on any atom is 0.314 e. The zero-order valence-electron chi connectivity index (χ0n) is 11.7. The molecule has 3 heteroatoms. The largest absolute Gasteiger partial charge is 0.465 e. The molecule has 0 aromatic heterocycles. The van der Waals surface area contributed by atoms with Crippen LogP contribution in [0.2, 0.25) is 0 Å². The second-order valence-corrected chi connectivity index (χ2v) is 5.08. The van der Waals surface area contributed by atoms with E-state index in [2.05, 4.69) is 4.90 Å². The summed E-state index contributed by atoms with van der Waals surface area (Å²) < 4.78 is 5.23. The summed E-state index contributed by atoms with van der Waals surface area (Å²) in [4.78, 5) is 14.6. The van der Waals surface area contributed by atoms with Crippen molar-refractivity contribution in [3.63, 3.8) is 0 Å². The highest BCUT2D eigenvalue weighted by Crippen LogP contribution is 2.21. The number of nitrogens with zero attached hydrogens (tertiary/aromatic N) is 1. The molecule has 1 aromatic rings. The number of piperidine rings is 1. The van der Waals surface area contributed by atoms with E-state index in [9.17, 15) is 4.79 Å². The number of hydrogen-bond acceptors (Lipinski definition) is 3. The van der Waals surface area contributed by atoms with Crippen molar-refractivity contribution in [2.24, 2.45) is 0 Å². The van der Waals surface area contributed by atoms with Gasteiger partial charge >= 0.3 is 5.97 Å². The average Bonchev–Trinajstić information content (AvgIpc) is 2.47. The lowest BCUT2D eigenvalue weighted by atomic mass is 9.97. The second-order valence-electron chi connectivity index (χ2n) is 5.08. The van der Waals surface area contributed by atoms with Gasteiger partial charge in [-0.25, -0.2) is 0 Å². The van der Waals surface area contributed by atoms with Gasteiger partial charge in [0.05, 0.1) is 12.5 Å². The lowest BCUT2D eigenvalue weighted by Gasteiger charge is -2.29. The summed E-state index contributed by atoms with van der Waals surface area (Å²) >= 11 is 0. The molecule has 1 aliphatic heterocycles. The fourth-order valence-corrected chi connectivity index (χ4v) is 2.64. The maximum absolute atomic E-state index is 12.2. The Labute approximate surface area is 115 Å². The van der Waals surface area contributed by atoms with E-state index < -0.39 is 0 Å². The third kappa shape index (κ3) is 4.06. The molecule has 0 bridgehead atoms. The Hall–Kier alpha value is -1.35. The Morgan fingerprint density at radius 2 is 1.89 bits per heavy atom. The molecular weight excluding hydrogens is 238 g/mol.